The lowest BCUT2D eigenvalue weighted by Crippen LogP contribution is -2.41. The van der Waals surface area contributed by atoms with Crippen molar-refractivity contribution in [2.24, 2.45) is 0 Å². The number of hydrogen-bond donors (Lipinski definition) is 0. The second-order valence-electron chi connectivity index (χ2n) is 3.03. The zero-order valence-corrected chi connectivity index (χ0v) is 11.4. The number of carbonyl (C=O) groups is 1. The molecule has 0 aliphatic carbocycles. The molecule has 1 aromatic rings. The highest BCUT2D eigenvalue weighted by atomic mass is 79.9. The average molecular weight is 348 g/mol. The second kappa shape index (κ2) is 6.49. The van der Waals surface area contributed by atoms with E-state index in [9.17, 15) is 13.6 Å². The maximum atomic E-state index is 12.5. The monoisotopic (exact) mass is 346 g/mol. The summed E-state index contributed by atoms with van der Waals surface area (Å²) in [5.74, 6) is -0.896. The minimum atomic E-state index is -3.09. The molecule has 0 saturated carbocycles. The van der Waals surface area contributed by atoms with Crippen molar-refractivity contribution in [2.45, 2.75) is 13.0 Å². The van der Waals surface area contributed by atoms with E-state index in [4.69, 9.17) is 23.6 Å². The van der Waals surface area contributed by atoms with Crippen molar-refractivity contribution in [3.63, 3.8) is 0 Å². The molecule has 1 aromatic carbocycles. The molecule has 0 aliphatic heterocycles. The highest BCUT2D eigenvalue weighted by Crippen LogP contribution is 2.17. The van der Waals surface area contributed by atoms with E-state index >= 15 is 0 Å². The quantitative estimate of drug-likeness (QED) is 0.472. The third-order valence-electron chi connectivity index (χ3n) is 1.87. The Morgan fingerprint density at radius 2 is 1.82 bits per heavy atom. The number of alkyl halides is 2. The van der Waals surface area contributed by atoms with Gasteiger partial charge in [-0.25, -0.2) is 0 Å². The first-order valence-corrected chi connectivity index (χ1v) is 5.85. The molecule has 3 nitrogen and oxygen atoms in total. The summed E-state index contributed by atoms with van der Waals surface area (Å²) in [5.41, 5.74) is 0.582. The Bertz CT molecular complexity index is 381. The van der Waals surface area contributed by atoms with E-state index in [1.54, 1.807) is 24.3 Å². The number of nitrogens with zero attached hydrogens (tertiary/aromatic N) is 2. The van der Waals surface area contributed by atoms with Crippen LogP contribution in [0, 0.1) is 0 Å². The summed E-state index contributed by atoms with van der Waals surface area (Å²) < 4.78 is 25.8. The Morgan fingerprint density at radius 3 is 2.24 bits per heavy atom. The predicted molar refractivity (Wildman–Crippen MR) is 64.2 cm³/mol. The van der Waals surface area contributed by atoms with Crippen molar-refractivity contribution in [3.8, 4) is 0 Å². The predicted octanol–water partition coefficient (Wildman–Crippen LogP) is 3.57. The van der Waals surface area contributed by atoms with Crippen molar-refractivity contribution in [2.75, 3.05) is 0 Å². The third kappa shape index (κ3) is 4.39. The molecular weight excluding hydrogens is 341 g/mol. The van der Waals surface area contributed by atoms with Crippen LogP contribution in [-0.2, 0) is 11.2 Å². The maximum absolute atomic E-state index is 12.5. The molecule has 17 heavy (non-hydrogen) atoms. The fourth-order valence-corrected chi connectivity index (χ4v) is 1.68. The lowest BCUT2D eigenvalue weighted by atomic mass is 10.1. The fourth-order valence-electron chi connectivity index (χ4n) is 1.12. The van der Waals surface area contributed by atoms with Crippen molar-refractivity contribution in [1.82, 2.24) is 9.06 Å². The van der Waals surface area contributed by atoms with Gasteiger partial charge in [0.1, 0.15) is 0 Å². The van der Waals surface area contributed by atoms with Crippen LogP contribution < -0.4 is 0 Å². The van der Waals surface area contributed by atoms with Gasteiger partial charge in [0, 0.05) is 28.0 Å². The number of amides is 1. The minimum absolute atomic E-state index is 0.0336. The smallest absolute Gasteiger partial charge is 0.273 e. The van der Waals surface area contributed by atoms with E-state index in [1.807, 2.05) is 0 Å². The highest BCUT2D eigenvalue weighted by Gasteiger charge is 2.27. The van der Waals surface area contributed by atoms with Gasteiger partial charge in [-0.15, -0.1) is 0 Å². The van der Waals surface area contributed by atoms with E-state index in [1.165, 1.54) is 0 Å². The number of benzene rings is 1. The van der Waals surface area contributed by atoms with Gasteiger partial charge in [-0.2, -0.15) is 13.8 Å². The molecule has 0 aliphatic rings. The zero-order chi connectivity index (χ0) is 13.0. The van der Waals surface area contributed by atoms with Crippen LogP contribution in [0.5, 0.6) is 0 Å². The van der Waals surface area contributed by atoms with Crippen molar-refractivity contribution >= 4 is 45.4 Å². The van der Waals surface area contributed by atoms with Crippen molar-refractivity contribution < 1.29 is 13.6 Å². The molecule has 8 heteroatoms. The molecule has 0 unspecified atom stereocenters. The molecule has 94 valence electrons. The number of carbonyl (C=O) groups excluding carboxylic acids is 1. The normalized spacial score (nSPS) is 11.0. The van der Waals surface area contributed by atoms with Gasteiger partial charge >= 0.3 is 6.55 Å². The van der Waals surface area contributed by atoms with Crippen LogP contribution >= 0.6 is 39.5 Å². The Hall–Kier alpha value is -0.430. The molecule has 1 amide bonds. The summed E-state index contributed by atoms with van der Waals surface area (Å²) in [6.07, 6.45) is -0.215. The van der Waals surface area contributed by atoms with E-state index in [0.717, 1.165) is 4.47 Å². The van der Waals surface area contributed by atoms with Gasteiger partial charge < -0.3 is 0 Å². The lowest BCUT2D eigenvalue weighted by Gasteiger charge is -2.22. The number of halogens is 5. The first-order valence-electron chi connectivity index (χ1n) is 4.38. The SMILES string of the molecule is O=C(Cc1ccc(Br)cc1)N(C(F)F)N(Cl)Cl. The fraction of sp³-hybridized carbons (Fsp3) is 0.222. The van der Waals surface area contributed by atoms with E-state index in [-0.39, 0.29) is 15.5 Å². The van der Waals surface area contributed by atoms with Gasteiger partial charge in [-0.1, -0.05) is 28.1 Å². The molecule has 0 N–H and O–H groups in total. The van der Waals surface area contributed by atoms with Gasteiger partial charge in [0.05, 0.1) is 6.42 Å². The summed E-state index contributed by atoms with van der Waals surface area (Å²) in [7, 11) is 0. The highest BCUT2D eigenvalue weighted by molar-refractivity contribution is 9.10. The van der Waals surface area contributed by atoms with E-state index in [0.29, 0.717) is 5.56 Å². The molecule has 0 radical (unpaired) electrons. The summed E-state index contributed by atoms with van der Waals surface area (Å²) in [4.78, 5) is 11.5. The molecule has 0 spiro atoms. The van der Waals surface area contributed by atoms with E-state index < -0.39 is 12.5 Å². The Morgan fingerprint density at radius 1 is 1.29 bits per heavy atom. The van der Waals surface area contributed by atoms with Crippen molar-refractivity contribution in [3.05, 3.63) is 34.3 Å². The van der Waals surface area contributed by atoms with Gasteiger partial charge in [-0.05, 0) is 21.7 Å². The molecule has 0 fully saturated rings. The van der Waals surface area contributed by atoms with Crippen LogP contribution in [-0.4, -0.2) is 21.5 Å². The molecule has 0 atom stereocenters. The van der Waals surface area contributed by atoms with Crippen LogP contribution in [0.3, 0.4) is 0 Å². The Balaban J connectivity index is 2.73. The van der Waals surface area contributed by atoms with Gasteiger partial charge in [-0.3, -0.25) is 4.79 Å². The van der Waals surface area contributed by atoms with Crippen LogP contribution in [0.1, 0.15) is 5.56 Å². The first kappa shape index (κ1) is 14.6. The molecular formula is C9H7BrCl2F2N2O. The summed E-state index contributed by atoms with van der Waals surface area (Å²) in [6.45, 7) is -3.09. The maximum Gasteiger partial charge on any atom is 0.332 e. The van der Waals surface area contributed by atoms with Crippen LogP contribution in [0.25, 0.3) is 0 Å². The van der Waals surface area contributed by atoms with Crippen molar-refractivity contribution in [1.29, 1.82) is 0 Å². The second-order valence-corrected chi connectivity index (χ2v) is 4.76. The number of hydrogen-bond acceptors (Lipinski definition) is 2. The molecule has 0 aromatic heterocycles. The molecule has 0 bridgehead atoms. The molecule has 1 rings (SSSR count). The zero-order valence-electron chi connectivity index (χ0n) is 8.29. The Kier molecular flexibility index (Phi) is 5.58. The van der Waals surface area contributed by atoms with Gasteiger partial charge in [0.15, 0.2) is 0 Å². The molecule has 0 heterocycles. The van der Waals surface area contributed by atoms with Crippen LogP contribution in [0.15, 0.2) is 28.7 Å². The van der Waals surface area contributed by atoms with Gasteiger partial charge in [0.25, 0.3) is 0 Å². The Labute approximate surface area is 115 Å². The van der Waals surface area contributed by atoms with Crippen LogP contribution in [0.4, 0.5) is 8.78 Å². The summed E-state index contributed by atoms with van der Waals surface area (Å²) in [5, 5.41) is -0.0366. The number of rotatable bonds is 4. The minimum Gasteiger partial charge on any atom is -0.273 e. The lowest BCUT2D eigenvalue weighted by molar-refractivity contribution is -0.157. The average Bonchev–Trinajstić information content (AvgIpc) is 2.20. The first-order chi connectivity index (χ1) is 7.91. The topological polar surface area (TPSA) is 23.6 Å². The van der Waals surface area contributed by atoms with Gasteiger partial charge in [0.2, 0.25) is 5.91 Å². The third-order valence-corrected chi connectivity index (χ3v) is 2.73. The summed E-state index contributed by atoms with van der Waals surface area (Å²) in [6, 6.07) is 6.68. The summed E-state index contributed by atoms with van der Waals surface area (Å²) >= 11 is 13.5. The van der Waals surface area contributed by atoms with Crippen LogP contribution in [0.2, 0.25) is 0 Å². The standard InChI is InChI=1S/C9H7BrCl2F2N2O/c10-7-3-1-6(2-4-7)5-8(17)15(9(13)14)16(11)12/h1-4,9H,5H2. The van der Waals surface area contributed by atoms with E-state index in [2.05, 4.69) is 15.9 Å². The largest absolute Gasteiger partial charge is 0.332 e. The molecule has 0 saturated heterocycles. The number of hydrazine groups is 1.